The number of nitrogens with two attached hydrogens (primary N) is 2. The number of nitrogens with zero attached hydrogens (tertiary/aromatic N) is 3. The van der Waals surface area contributed by atoms with E-state index in [1.807, 2.05) is 74.6 Å². The molecule has 0 spiro atoms. The number of fused-ring (bicyclic) bond motifs is 1. The van der Waals surface area contributed by atoms with Crippen LogP contribution in [0.3, 0.4) is 0 Å². The summed E-state index contributed by atoms with van der Waals surface area (Å²) in [5.74, 6) is -1.07. The first-order chi connectivity index (χ1) is 22.7. The molecule has 47 heavy (non-hydrogen) atoms. The van der Waals surface area contributed by atoms with Gasteiger partial charge in [0, 0.05) is 56.1 Å². The van der Waals surface area contributed by atoms with Crippen LogP contribution in [0.25, 0.3) is 10.9 Å². The lowest BCUT2D eigenvalue weighted by molar-refractivity contribution is -0.160. The Morgan fingerprint density at radius 3 is 2.36 bits per heavy atom. The van der Waals surface area contributed by atoms with Crippen LogP contribution in [0.15, 0.2) is 60.8 Å². The van der Waals surface area contributed by atoms with Crippen molar-refractivity contribution in [3.8, 4) is 0 Å². The van der Waals surface area contributed by atoms with Gasteiger partial charge in [0.05, 0.1) is 6.04 Å². The largest absolute Gasteiger partial charge is 0.368 e. The van der Waals surface area contributed by atoms with Gasteiger partial charge in [0.1, 0.15) is 18.1 Å². The number of carbonyl (C=O) groups excluding carboxylic acids is 4. The molecule has 0 aliphatic carbocycles. The summed E-state index contributed by atoms with van der Waals surface area (Å²) in [6.45, 7) is 5.90. The first-order valence-electron chi connectivity index (χ1n) is 16.9. The molecule has 4 atom stereocenters. The molecular formula is C36H49N7O4. The summed E-state index contributed by atoms with van der Waals surface area (Å²) in [6.07, 6.45) is 5.20. The summed E-state index contributed by atoms with van der Waals surface area (Å²) in [5.41, 5.74) is 14.3. The fourth-order valence-electron chi connectivity index (χ4n) is 7.07. The second-order valence-electron chi connectivity index (χ2n) is 13.2. The van der Waals surface area contributed by atoms with Gasteiger partial charge in [-0.15, -0.1) is 0 Å². The zero-order valence-corrected chi connectivity index (χ0v) is 27.6. The van der Waals surface area contributed by atoms with E-state index in [-0.39, 0.29) is 43.1 Å². The quantitative estimate of drug-likeness (QED) is 0.197. The maximum Gasteiger partial charge on any atom is 0.246 e. The van der Waals surface area contributed by atoms with E-state index in [2.05, 4.69) is 10.3 Å². The lowest BCUT2D eigenvalue weighted by Gasteiger charge is -2.46. The van der Waals surface area contributed by atoms with Gasteiger partial charge in [0.15, 0.2) is 0 Å². The monoisotopic (exact) mass is 643 g/mol. The number of amides is 4. The number of benzene rings is 2. The van der Waals surface area contributed by atoms with Crippen molar-refractivity contribution in [3.63, 3.8) is 0 Å². The average molecular weight is 644 g/mol. The van der Waals surface area contributed by atoms with Crippen LogP contribution in [-0.2, 0) is 32.0 Å². The molecule has 11 nitrogen and oxygen atoms in total. The van der Waals surface area contributed by atoms with Gasteiger partial charge in [-0.05, 0) is 48.9 Å². The third-order valence-electron chi connectivity index (χ3n) is 9.50. The van der Waals surface area contributed by atoms with Gasteiger partial charge >= 0.3 is 0 Å². The van der Waals surface area contributed by atoms with Crippen molar-refractivity contribution in [3.05, 3.63) is 71.9 Å². The zero-order valence-electron chi connectivity index (χ0n) is 27.6. The number of piperazine rings is 2. The first-order valence-corrected chi connectivity index (χ1v) is 16.9. The molecule has 5 rings (SSSR count). The van der Waals surface area contributed by atoms with Crippen LogP contribution in [0.4, 0.5) is 0 Å². The number of hydrogen-bond acceptors (Lipinski definition) is 6. The summed E-state index contributed by atoms with van der Waals surface area (Å²) in [7, 11) is 0. The first kappa shape index (κ1) is 34.1. The van der Waals surface area contributed by atoms with E-state index in [0.717, 1.165) is 34.9 Å². The lowest BCUT2D eigenvalue weighted by atomic mass is 9.94. The maximum absolute atomic E-state index is 14.9. The van der Waals surface area contributed by atoms with Crippen molar-refractivity contribution in [2.45, 2.75) is 76.5 Å². The van der Waals surface area contributed by atoms with Gasteiger partial charge in [-0.3, -0.25) is 19.2 Å². The van der Waals surface area contributed by atoms with Crippen LogP contribution in [-0.4, -0.2) is 100 Å². The Hall–Kier alpha value is -4.22. The normalized spacial score (nSPS) is 20.2. The van der Waals surface area contributed by atoms with E-state index >= 15 is 0 Å². The number of carbonyl (C=O) groups is 4. The number of aromatic amines is 1. The number of para-hydroxylation sites is 1. The minimum Gasteiger partial charge on any atom is -0.368 e. The Morgan fingerprint density at radius 1 is 0.915 bits per heavy atom. The molecule has 0 saturated carbocycles. The Morgan fingerprint density at radius 2 is 1.64 bits per heavy atom. The molecule has 4 amide bonds. The van der Waals surface area contributed by atoms with Crippen molar-refractivity contribution in [1.29, 1.82) is 0 Å². The minimum absolute atomic E-state index is 0.109. The third-order valence-corrected chi connectivity index (χ3v) is 9.50. The van der Waals surface area contributed by atoms with Gasteiger partial charge in [-0.2, -0.15) is 0 Å². The van der Waals surface area contributed by atoms with Crippen molar-refractivity contribution < 1.29 is 19.2 Å². The van der Waals surface area contributed by atoms with Crippen LogP contribution < -0.4 is 16.8 Å². The number of H-pyrrole nitrogens is 1. The zero-order chi connectivity index (χ0) is 33.5. The number of unbranched alkanes of at least 4 members (excludes halogenated alkanes) is 1. The van der Waals surface area contributed by atoms with Crippen molar-refractivity contribution in [2.24, 2.45) is 17.4 Å². The highest BCUT2D eigenvalue weighted by Gasteiger charge is 2.45. The molecule has 1 aromatic heterocycles. The van der Waals surface area contributed by atoms with Crippen LogP contribution in [0, 0.1) is 5.92 Å². The van der Waals surface area contributed by atoms with Crippen molar-refractivity contribution in [1.82, 2.24) is 25.0 Å². The van der Waals surface area contributed by atoms with Crippen LogP contribution >= 0.6 is 0 Å². The van der Waals surface area contributed by atoms with E-state index in [1.165, 1.54) is 0 Å². The standard InChI is InChI=1S/C36H49N7O4/c1-24(2)20-30(33(38)44)42-18-19-43(31(35(42)46)21-25-10-4-3-5-11-25)36(47)32(22-26-23-40-28-13-7-6-12-27(26)28)41-17-16-39-29(34(41)45)14-8-9-15-37/h3-7,10-13,23-24,29-32,39-40H,8-9,14-22,37H2,1-2H3,(H2,38,44). The highest BCUT2D eigenvalue weighted by atomic mass is 16.2. The molecule has 252 valence electrons. The summed E-state index contributed by atoms with van der Waals surface area (Å²) < 4.78 is 0. The van der Waals surface area contributed by atoms with Crippen LogP contribution in [0.1, 0.15) is 50.7 Å². The smallest absolute Gasteiger partial charge is 0.246 e. The van der Waals surface area contributed by atoms with Crippen LogP contribution in [0.5, 0.6) is 0 Å². The fraction of sp³-hybridized carbons (Fsp3) is 0.500. The Balaban J connectivity index is 1.50. The molecule has 6 N–H and O–H groups in total. The van der Waals surface area contributed by atoms with Crippen molar-refractivity contribution >= 4 is 34.5 Å². The molecule has 0 radical (unpaired) electrons. The number of aromatic nitrogens is 1. The Kier molecular flexibility index (Phi) is 11.3. The second-order valence-corrected chi connectivity index (χ2v) is 13.2. The summed E-state index contributed by atoms with van der Waals surface area (Å²) in [6, 6.07) is 14.7. The van der Waals surface area contributed by atoms with Gasteiger partial charge < -0.3 is 36.5 Å². The molecule has 2 saturated heterocycles. The Bertz CT molecular complexity index is 1540. The van der Waals surface area contributed by atoms with E-state index in [0.29, 0.717) is 38.9 Å². The van der Waals surface area contributed by atoms with Crippen LogP contribution in [0.2, 0.25) is 0 Å². The third kappa shape index (κ3) is 7.85. The summed E-state index contributed by atoms with van der Waals surface area (Å²) >= 11 is 0. The van der Waals surface area contributed by atoms with Gasteiger partial charge in [0.2, 0.25) is 23.6 Å². The molecule has 2 aliphatic heterocycles. The molecule has 2 aliphatic rings. The molecule has 4 unspecified atom stereocenters. The van der Waals surface area contributed by atoms with Gasteiger partial charge in [-0.1, -0.05) is 68.8 Å². The van der Waals surface area contributed by atoms with Gasteiger partial charge in [0.25, 0.3) is 0 Å². The predicted octanol–water partition coefficient (Wildman–Crippen LogP) is 2.19. The number of rotatable bonds is 14. The number of nitrogens with one attached hydrogen (secondary N) is 2. The molecule has 2 fully saturated rings. The molecular weight excluding hydrogens is 594 g/mol. The number of hydrogen-bond donors (Lipinski definition) is 4. The lowest BCUT2D eigenvalue weighted by Crippen LogP contribution is -2.67. The van der Waals surface area contributed by atoms with E-state index in [9.17, 15) is 19.2 Å². The highest BCUT2D eigenvalue weighted by Crippen LogP contribution is 2.27. The fourth-order valence-corrected chi connectivity index (χ4v) is 7.07. The summed E-state index contributed by atoms with van der Waals surface area (Å²) in [5, 5.41) is 4.34. The second kappa shape index (κ2) is 15.6. The van der Waals surface area contributed by atoms with Gasteiger partial charge in [-0.25, -0.2) is 0 Å². The molecule has 3 aromatic rings. The average Bonchev–Trinajstić information content (AvgIpc) is 3.47. The SMILES string of the molecule is CC(C)CC(C(N)=O)N1CCN(C(=O)C(Cc2c[nH]c3ccccc23)N2CCNC(CCCCN)C2=O)C(Cc2ccccc2)C1=O. The summed E-state index contributed by atoms with van der Waals surface area (Å²) in [4.78, 5) is 64.1. The Labute approximate surface area is 277 Å². The minimum atomic E-state index is -0.850. The molecule has 2 aromatic carbocycles. The topological polar surface area (TPSA) is 158 Å². The molecule has 3 heterocycles. The van der Waals surface area contributed by atoms with Crippen molar-refractivity contribution in [2.75, 3.05) is 32.7 Å². The molecule has 0 bridgehead atoms. The number of primary amides is 1. The van der Waals surface area contributed by atoms with E-state index in [4.69, 9.17) is 11.5 Å². The maximum atomic E-state index is 14.9. The van der Waals surface area contributed by atoms with E-state index in [1.54, 1.807) is 14.7 Å². The van der Waals surface area contributed by atoms with E-state index < -0.39 is 30.1 Å². The predicted molar refractivity (Wildman–Crippen MR) is 182 cm³/mol. The molecule has 11 heteroatoms. The highest BCUT2D eigenvalue weighted by molar-refractivity contribution is 5.96.